The van der Waals surface area contributed by atoms with Crippen molar-refractivity contribution in [1.29, 1.82) is 0 Å². The highest BCUT2D eigenvalue weighted by molar-refractivity contribution is 7.91. The van der Waals surface area contributed by atoms with Gasteiger partial charge in [-0.15, -0.1) is 0 Å². The van der Waals surface area contributed by atoms with E-state index >= 15 is 0 Å². The van der Waals surface area contributed by atoms with Crippen molar-refractivity contribution in [3.8, 4) is 0 Å². The third-order valence-corrected chi connectivity index (χ3v) is 12.1. The zero-order valence-electron chi connectivity index (χ0n) is 33.2. The molecule has 2 aliphatic heterocycles. The van der Waals surface area contributed by atoms with Gasteiger partial charge in [-0.3, -0.25) is 24.0 Å². The molecule has 1 unspecified atom stereocenters. The summed E-state index contributed by atoms with van der Waals surface area (Å²) in [5, 5.41) is 7.99. The van der Waals surface area contributed by atoms with Gasteiger partial charge in [0, 0.05) is 37.2 Å². The summed E-state index contributed by atoms with van der Waals surface area (Å²) >= 11 is 0. The molecule has 15 nitrogen and oxygen atoms in total. The van der Waals surface area contributed by atoms with E-state index in [2.05, 4.69) is 27.6 Å². The normalized spacial score (nSPS) is 23.6. The highest BCUT2D eigenvalue weighted by Gasteiger charge is 2.63. The van der Waals surface area contributed by atoms with Crippen LogP contribution >= 0.6 is 0 Å². The molecule has 4 atom stereocenters. The zero-order chi connectivity index (χ0) is 40.3. The molecule has 5 rings (SSSR count). The van der Waals surface area contributed by atoms with Crippen molar-refractivity contribution in [3.05, 3.63) is 41.0 Å². The van der Waals surface area contributed by atoms with Crippen molar-refractivity contribution < 1.29 is 41.9 Å². The van der Waals surface area contributed by atoms with Gasteiger partial charge < -0.3 is 30.3 Å². The molecule has 1 aromatic rings. The number of nitrogens with one attached hydrogen (secondary N) is 4. The summed E-state index contributed by atoms with van der Waals surface area (Å²) in [6.45, 7) is 13.1. The number of hydrogen-bond acceptors (Lipinski definition) is 10. The van der Waals surface area contributed by atoms with Crippen molar-refractivity contribution in [1.82, 2.24) is 25.2 Å². The second kappa shape index (κ2) is 16.8. The Kier molecular flexibility index (Phi) is 12.8. The van der Waals surface area contributed by atoms with Crippen LogP contribution in [0.25, 0.3) is 0 Å². The van der Waals surface area contributed by atoms with E-state index in [1.165, 1.54) is 4.90 Å². The van der Waals surface area contributed by atoms with Crippen LogP contribution in [-0.4, -0.2) is 95.8 Å². The van der Waals surface area contributed by atoms with E-state index in [9.17, 15) is 32.4 Å². The van der Waals surface area contributed by atoms with Crippen LogP contribution in [0.3, 0.4) is 0 Å². The molecule has 4 N–H and O–H groups in total. The molecule has 2 aliphatic carbocycles. The summed E-state index contributed by atoms with van der Waals surface area (Å²) in [6.07, 6.45) is 4.56. The van der Waals surface area contributed by atoms with Crippen LogP contribution in [0.15, 0.2) is 29.8 Å². The van der Waals surface area contributed by atoms with Gasteiger partial charge in [0.1, 0.15) is 29.8 Å². The Morgan fingerprint density at radius 1 is 1.05 bits per heavy atom. The number of allylic oxidation sites excluding steroid dienone is 1. The summed E-state index contributed by atoms with van der Waals surface area (Å²) < 4.78 is 39.1. The lowest BCUT2D eigenvalue weighted by molar-refractivity contribution is -0.139. The van der Waals surface area contributed by atoms with Crippen LogP contribution in [0, 0.1) is 5.92 Å². The summed E-state index contributed by atoms with van der Waals surface area (Å²) in [4.78, 5) is 70.4. The fourth-order valence-electron chi connectivity index (χ4n) is 7.24. The van der Waals surface area contributed by atoms with Gasteiger partial charge in [0.15, 0.2) is 0 Å². The van der Waals surface area contributed by atoms with Crippen LogP contribution in [0.5, 0.6) is 0 Å². The maximum Gasteiger partial charge on any atom is 0.410 e. The van der Waals surface area contributed by atoms with Gasteiger partial charge in [0.2, 0.25) is 21.8 Å². The number of amides is 5. The van der Waals surface area contributed by atoms with Crippen molar-refractivity contribution in [2.24, 2.45) is 5.92 Å². The van der Waals surface area contributed by atoms with E-state index < -0.39 is 80.9 Å². The quantitative estimate of drug-likeness (QED) is 0.146. The second-order valence-corrected chi connectivity index (χ2v) is 18.6. The van der Waals surface area contributed by atoms with Crippen LogP contribution in [0.4, 0.5) is 15.3 Å². The Balaban J connectivity index is 1.32. The number of likely N-dealkylation sites (tertiary alicyclic amines) is 1. The van der Waals surface area contributed by atoms with Gasteiger partial charge in [0.25, 0.3) is 5.91 Å². The number of hydrogen-bond donors (Lipinski definition) is 4. The van der Waals surface area contributed by atoms with Crippen LogP contribution in [0.1, 0.15) is 111 Å². The molecule has 4 aliphatic rings. The largest absolute Gasteiger partial charge is 0.444 e. The van der Waals surface area contributed by atoms with Crippen LogP contribution in [0.2, 0.25) is 0 Å². The molecule has 2 heterocycles. The number of fused-ring (bicyclic) bond motifs is 1. The van der Waals surface area contributed by atoms with Crippen molar-refractivity contribution in [2.75, 3.05) is 18.4 Å². The highest BCUT2D eigenvalue weighted by Crippen LogP contribution is 2.49. The van der Waals surface area contributed by atoms with E-state index in [4.69, 9.17) is 9.47 Å². The number of ether oxygens (including phenoxy) is 2. The first-order valence-electron chi connectivity index (χ1n) is 19.5. The Morgan fingerprint density at radius 2 is 1.76 bits per heavy atom. The molecular formula is C39H58N6O9S. The Hall–Kier alpha value is -4.34. The first-order valence-corrected chi connectivity index (χ1v) is 21.0. The number of benzene rings is 1. The monoisotopic (exact) mass is 786 g/mol. The molecule has 16 heteroatoms. The number of anilines is 1. The number of carbonyl (C=O) groups excluding carboxylic acids is 5. The first kappa shape index (κ1) is 41.8. The summed E-state index contributed by atoms with van der Waals surface area (Å²) in [7, 11) is -3.92. The fourth-order valence-corrected chi connectivity index (χ4v) is 8.61. The van der Waals surface area contributed by atoms with E-state index in [1.54, 1.807) is 25.7 Å². The van der Waals surface area contributed by atoms with Gasteiger partial charge in [-0.05, 0) is 96.9 Å². The van der Waals surface area contributed by atoms with E-state index in [0.29, 0.717) is 25.9 Å². The topological polar surface area (TPSA) is 193 Å². The summed E-state index contributed by atoms with van der Waals surface area (Å²) in [6, 6.07) is 4.99. The molecule has 2 saturated carbocycles. The average molecular weight is 787 g/mol. The van der Waals surface area contributed by atoms with Crippen LogP contribution in [-0.2, 0) is 47.0 Å². The third kappa shape index (κ3) is 10.7. The number of rotatable bonds is 15. The fraction of sp³-hybridized carbons (Fsp3) is 0.667. The zero-order valence-corrected chi connectivity index (χ0v) is 34.0. The lowest BCUT2D eigenvalue weighted by Gasteiger charge is -2.27. The molecule has 304 valence electrons. The van der Waals surface area contributed by atoms with Crippen molar-refractivity contribution in [3.63, 3.8) is 0 Å². The first-order chi connectivity index (χ1) is 25.8. The number of unbranched alkanes of at least 4 members (excludes halogenated alkanes) is 3. The highest BCUT2D eigenvalue weighted by atomic mass is 32.2. The Bertz CT molecular complexity index is 1790. The Labute approximate surface area is 324 Å². The van der Waals surface area contributed by atoms with Gasteiger partial charge in [-0.25, -0.2) is 18.0 Å². The van der Waals surface area contributed by atoms with Crippen molar-refractivity contribution in [2.45, 2.75) is 147 Å². The minimum atomic E-state index is -3.92. The predicted molar refractivity (Wildman–Crippen MR) is 206 cm³/mol. The minimum absolute atomic E-state index is 0.0758. The number of sulfonamides is 1. The number of carbonyl (C=O) groups is 5. The summed E-state index contributed by atoms with van der Waals surface area (Å²) in [5.74, 6) is -2.58. The lowest BCUT2D eigenvalue weighted by Crippen LogP contribution is -2.57. The molecule has 0 bridgehead atoms. The summed E-state index contributed by atoms with van der Waals surface area (Å²) in [5.41, 5.74) is 1.42. The molecule has 0 radical (unpaired) electrons. The number of nitrogens with zero attached hydrogens (tertiary/aromatic N) is 2. The second-order valence-electron chi connectivity index (χ2n) is 16.6. The molecule has 3 fully saturated rings. The molecule has 55 heavy (non-hydrogen) atoms. The van der Waals surface area contributed by atoms with Gasteiger partial charge in [-0.1, -0.05) is 37.5 Å². The lowest BCUT2D eigenvalue weighted by atomic mass is 10.0. The molecule has 1 saturated heterocycles. The van der Waals surface area contributed by atoms with Gasteiger partial charge in [-0.2, -0.15) is 0 Å². The molecule has 0 aromatic heterocycles. The molecular weight excluding hydrogens is 729 g/mol. The SMILES string of the molecule is CCCCC/C=C(/C)[C@@H]1C[C@]1(NC(=O)C1C[C@@H](OC(=O)N2Cc3ccc(NC(C)C)cc3C2)CN1C(=O)CNC(=O)OC(C)(C)C)C(=O)NS(=O)(=O)C1CC1. The predicted octanol–water partition coefficient (Wildman–Crippen LogP) is 4.46. The third-order valence-electron chi connectivity index (χ3n) is 10.3. The molecule has 1 aromatic carbocycles. The van der Waals surface area contributed by atoms with E-state index in [0.717, 1.165) is 48.1 Å². The maximum absolute atomic E-state index is 14.2. The standard InChI is InChI=1S/C39H58N6O9S/c1-8-9-10-11-12-25(4)31-19-39(31,35(48)43-55(51,52)30-15-16-30)42-34(47)32-18-29(23-45(32)33(46)20-40-36(49)54-38(5,6)7)53-37(50)44-21-26-13-14-28(41-24(2)3)17-27(26)22-44/h12-14,17,24,29-32,41H,8-11,15-16,18-23H2,1-7H3,(H,40,49)(H,42,47)(H,43,48)/b25-12-/t29-,31+,32?,39-/m1/s1. The average Bonchev–Trinajstić information content (AvgIpc) is 3.99. The minimum Gasteiger partial charge on any atom is -0.444 e. The van der Waals surface area contributed by atoms with Crippen molar-refractivity contribution >= 4 is 45.6 Å². The van der Waals surface area contributed by atoms with E-state index in [1.807, 2.05) is 45.0 Å². The van der Waals surface area contributed by atoms with Crippen LogP contribution < -0.4 is 20.7 Å². The van der Waals surface area contributed by atoms with Gasteiger partial charge in [0.05, 0.1) is 11.8 Å². The molecule has 0 spiro atoms. The smallest absolute Gasteiger partial charge is 0.410 e. The Morgan fingerprint density at radius 3 is 2.42 bits per heavy atom. The number of alkyl carbamates (subject to hydrolysis) is 1. The molecule has 5 amide bonds. The maximum atomic E-state index is 14.2. The van der Waals surface area contributed by atoms with E-state index in [-0.39, 0.29) is 25.4 Å². The van der Waals surface area contributed by atoms with Gasteiger partial charge >= 0.3 is 12.2 Å².